The zero-order valence-corrected chi connectivity index (χ0v) is 24.7. The van der Waals surface area contributed by atoms with Gasteiger partial charge in [0.1, 0.15) is 11.9 Å². The van der Waals surface area contributed by atoms with Gasteiger partial charge in [-0.2, -0.15) is 0 Å². The molecule has 11 heteroatoms. The average molecular weight is 597 g/mol. The van der Waals surface area contributed by atoms with E-state index in [1.165, 1.54) is 26.4 Å². The third kappa shape index (κ3) is 6.85. The number of aliphatic hydroxyl groups excluding tert-OH is 1. The quantitative estimate of drug-likeness (QED) is 0.270. The number of aliphatic imine (C=N–C) groups is 1. The monoisotopic (exact) mass is 596 g/mol. The van der Waals surface area contributed by atoms with Crippen LogP contribution in [-0.2, 0) is 25.9 Å². The molecule has 10 nitrogen and oxygen atoms in total. The molecule has 1 amide bonds. The number of methoxy groups -OCH3 is 2. The molecule has 2 N–H and O–H groups in total. The summed E-state index contributed by atoms with van der Waals surface area (Å²) < 4.78 is 49.0. The highest BCUT2D eigenvalue weighted by Gasteiger charge is 2.50. The number of sulfone groups is 1. The Morgan fingerprint density at radius 1 is 1.02 bits per heavy atom. The summed E-state index contributed by atoms with van der Waals surface area (Å²) in [5.41, 5.74) is -0.212. The molecule has 1 aliphatic rings. The molecule has 4 rings (SSSR count). The zero-order chi connectivity index (χ0) is 30.2. The van der Waals surface area contributed by atoms with Crippen LogP contribution >= 0.6 is 0 Å². The molecule has 0 aromatic heterocycles. The van der Waals surface area contributed by atoms with E-state index in [9.17, 15) is 13.2 Å². The van der Waals surface area contributed by atoms with Crippen molar-refractivity contribution in [2.45, 2.75) is 42.8 Å². The van der Waals surface area contributed by atoms with E-state index >= 15 is 0 Å². The fraction of sp³-hybridized carbons (Fsp3) is 0.355. The molecule has 0 saturated heterocycles. The van der Waals surface area contributed by atoms with Crippen molar-refractivity contribution in [3.05, 3.63) is 83.9 Å². The van der Waals surface area contributed by atoms with E-state index in [-0.39, 0.29) is 36.1 Å². The summed E-state index contributed by atoms with van der Waals surface area (Å²) in [6.07, 6.45) is -0.343. The first-order chi connectivity index (χ1) is 20.2. The summed E-state index contributed by atoms with van der Waals surface area (Å²) in [5.74, 6) is 1.08. The number of aliphatic hydroxyl groups is 1. The number of carbonyl (C=O) groups is 1. The fourth-order valence-corrected chi connectivity index (χ4v) is 6.10. The molecule has 224 valence electrons. The molecule has 3 aromatic rings. The summed E-state index contributed by atoms with van der Waals surface area (Å²) in [4.78, 5) is 18.9. The van der Waals surface area contributed by atoms with Crippen molar-refractivity contribution in [1.82, 2.24) is 5.32 Å². The Hall–Kier alpha value is -4.09. The Morgan fingerprint density at radius 2 is 1.76 bits per heavy atom. The minimum Gasteiger partial charge on any atom is -0.494 e. The Kier molecular flexibility index (Phi) is 10.1. The summed E-state index contributed by atoms with van der Waals surface area (Å²) in [5, 5.41) is 11.9. The number of nitrogens with one attached hydrogen (secondary N) is 1. The summed E-state index contributed by atoms with van der Waals surface area (Å²) in [6, 6.07) is 20.5. The molecule has 0 fully saturated rings. The van der Waals surface area contributed by atoms with E-state index in [4.69, 9.17) is 29.0 Å². The van der Waals surface area contributed by atoms with Crippen LogP contribution in [0.3, 0.4) is 0 Å². The van der Waals surface area contributed by atoms with E-state index in [0.717, 1.165) is 0 Å². The van der Waals surface area contributed by atoms with Gasteiger partial charge in [-0.1, -0.05) is 30.3 Å². The summed E-state index contributed by atoms with van der Waals surface area (Å²) in [7, 11) is -0.653. The van der Waals surface area contributed by atoms with Crippen LogP contribution in [0.5, 0.6) is 17.2 Å². The highest BCUT2D eigenvalue weighted by molar-refractivity contribution is 7.91. The van der Waals surface area contributed by atoms with Gasteiger partial charge < -0.3 is 29.4 Å². The number of amides is 1. The first-order valence-electron chi connectivity index (χ1n) is 13.6. The zero-order valence-electron chi connectivity index (χ0n) is 23.9. The average Bonchev–Trinajstić information content (AvgIpc) is 3.36. The first-order valence-corrected chi connectivity index (χ1v) is 15.3. The van der Waals surface area contributed by atoms with Crippen LogP contribution in [0.25, 0.3) is 0 Å². The number of rotatable bonds is 14. The Balaban J connectivity index is 1.63. The van der Waals surface area contributed by atoms with E-state index in [0.29, 0.717) is 41.4 Å². The molecule has 1 heterocycles. The maximum Gasteiger partial charge on any atom is 0.252 e. The van der Waals surface area contributed by atoms with Crippen molar-refractivity contribution in [1.29, 1.82) is 0 Å². The van der Waals surface area contributed by atoms with Crippen LogP contribution in [0, 0.1) is 0 Å². The molecule has 0 spiro atoms. The minimum atomic E-state index is -3.70. The van der Waals surface area contributed by atoms with Crippen LogP contribution < -0.4 is 19.5 Å². The number of hydrogen-bond acceptors (Lipinski definition) is 9. The fourth-order valence-electron chi connectivity index (χ4n) is 4.71. The third-order valence-corrected chi connectivity index (χ3v) is 8.84. The lowest BCUT2D eigenvalue weighted by Crippen LogP contribution is -2.51. The summed E-state index contributed by atoms with van der Waals surface area (Å²) in [6.45, 7) is 2.23. The number of para-hydroxylation sites is 1. The van der Waals surface area contributed by atoms with Crippen molar-refractivity contribution in [3.63, 3.8) is 0 Å². The van der Waals surface area contributed by atoms with Crippen LogP contribution in [0.4, 0.5) is 0 Å². The van der Waals surface area contributed by atoms with Crippen molar-refractivity contribution in [3.8, 4) is 17.2 Å². The second-order valence-electron chi connectivity index (χ2n) is 9.77. The topological polar surface area (TPSA) is 133 Å². The van der Waals surface area contributed by atoms with Gasteiger partial charge in [-0.3, -0.25) is 4.79 Å². The number of carbonyl (C=O) groups excluding carboxylic acids is 1. The van der Waals surface area contributed by atoms with Gasteiger partial charge in [0.25, 0.3) is 5.91 Å². The largest absolute Gasteiger partial charge is 0.494 e. The molecule has 0 aliphatic carbocycles. The number of nitrogens with zero attached hydrogens (tertiary/aromatic N) is 1. The molecule has 42 heavy (non-hydrogen) atoms. The lowest BCUT2D eigenvalue weighted by Gasteiger charge is -2.28. The minimum absolute atomic E-state index is 0.0371. The smallest absolute Gasteiger partial charge is 0.252 e. The lowest BCUT2D eigenvalue weighted by atomic mass is 9.90. The second-order valence-corrected chi connectivity index (χ2v) is 11.9. The maximum atomic E-state index is 13.9. The predicted molar refractivity (Wildman–Crippen MR) is 158 cm³/mol. The second kappa shape index (κ2) is 13.7. The van der Waals surface area contributed by atoms with Gasteiger partial charge in [0.2, 0.25) is 5.90 Å². The van der Waals surface area contributed by atoms with Crippen molar-refractivity contribution < 1.29 is 37.3 Å². The van der Waals surface area contributed by atoms with Crippen molar-refractivity contribution in [2.24, 2.45) is 4.99 Å². The van der Waals surface area contributed by atoms with Crippen LogP contribution in [-0.4, -0.2) is 70.2 Å². The molecule has 0 unspecified atom stereocenters. The van der Waals surface area contributed by atoms with Gasteiger partial charge in [-0.05, 0) is 55.8 Å². The Labute approximate surface area is 246 Å². The van der Waals surface area contributed by atoms with Gasteiger partial charge in [0.05, 0.1) is 31.5 Å². The Morgan fingerprint density at radius 3 is 2.43 bits per heavy atom. The highest BCUT2D eigenvalue weighted by atomic mass is 32.2. The molecule has 0 saturated carbocycles. The molecule has 3 aromatic carbocycles. The molecular weight excluding hydrogens is 560 g/mol. The van der Waals surface area contributed by atoms with E-state index in [2.05, 4.69) is 5.32 Å². The molecule has 0 bridgehead atoms. The predicted octanol–water partition coefficient (Wildman–Crippen LogP) is 3.55. The van der Waals surface area contributed by atoms with E-state index in [1.54, 1.807) is 61.5 Å². The summed E-state index contributed by atoms with van der Waals surface area (Å²) >= 11 is 0. The molecular formula is C31H36N2O8S. The van der Waals surface area contributed by atoms with Gasteiger partial charge in [-0.15, -0.1) is 0 Å². The number of hydrogen-bond donors (Lipinski definition) is 2. The van der Waals surface area contributed by atoms with Gasteiger partial charge >= 0.3 is 0 Å². The molecule has 1 aliphatic heterocycles. The maximum absolute atomic E-state index is 13.9. The van der Waals surface area contributed by atoms with Crippen LogP contribution in [0.1, 0.15) is 30.9 Å². The van der Waals surface area contributed by atoms with Crippen molar-refractivity contribution in [2.75, 3.05) is 33.2 Å². The number of benzene rings is 3. The Bertz CT molecular complexity index is 1490. The normalized spacial score (nSPS) is 18.1. The SMILES string of the molecule is COc1cccc(CNC(=O)[C@]2(CCS(=O)(=O)c3ccccc3)N=C(c3ccc(OCCCO)cc3)O[C@@H]2C)c1OC. The third-order valence-electron chi connectivity index (χ3n) is 7.11. The standard InChI is InChI=1S/C31H36N2O8S/c1-22-31(17-20-42(36,37)26-10-5-4-6-11-26,30(35)32-21-24-9-7-12-27(38-2)28(24)39-3)33-29(41-22)23-13-15-25(16-14-23)40-19-8-18-34/h4-7,9-16,22,34H,8,17-21H2,1-3H3,(H,32,35)/t22-,31-/m1/s1. The molecule has 0 radical (unpaired) electrons. The van der Waals surface area contributed by atoms with Crippen LogP contribution in [0.15, 0.2) is 82.7 Å². The van der Waals surface area contributed by atoms with Gasteiger partial charge in [0.15, 0.2) is 26.9 Å². The van der Waals surface area contributed by atoms with Gasteiger partial charge in [-0.25, -0.2) is 13.4 Å². The lowest BCUT2D eigenvalue weighted by molar-refractivity contribution is -0.128. The number of ether oxygens (including phenoxy) is 4. The van der Waals surface area contributed by atoms with E-state index < -0.39 is 27.4 Å². The highest BCUT2D eigenvalue weighted by Crippen LogP contribution is 2.35. The van der Waals surface area contributed by atoms with Crippen molar-refractivity contribution >= 4 is 21.6 Å². The first kappa shape index (κ1) is 30.9. The van der Waals surface area contributed by atoms with Gasteiger partial charge in [0, 0.05) is 30.7 Å². The van der Waals surface area contributed by atoms with Crippen LogP contribution in [0.2, 0.25) is 0 Å². The molecule has 2 atom stereocenters. The van der Waals surface area contributed by atoms with E-state index in [1.807, 2.05) is 6.07 Å².